The number of nitrogens with one attached hydrogen (secondary N) is 1. The van der Waals surface area contributed by atoms with Gasteiger partial charge in [0.1, 0.15) is 5.75 Å². The average molecular weight is 417 g/mol. The maximum atomic E-state index is 13.0. The Morgan fingerprint density at radius 3 is 2.52 bits per heavy atom. The summed E-state index contributed by atoms with van der Waals surface area (Å²) in [5, 5.41) is 2.81. The molecule has 0 saturated carbocycles. The first-order valence-electron chi connectivity index (χ1n) is 10.1. The number of hydrogen-bond acceptors (Lipinski definition) is 4. The molecule has 1 N–H and O–H groups in total. The number of para-hydroxylation sites is 1. The fraction of sp³-hybridized carbons (Fsp3) is 0.409. The molecule has 0 aliphatic carbocycles. The van der Waals surface area contributed by atoms with Crippen LogP contribution in [0.3, 0.4) is 0 Å². The van der Waals surface area contributed by atoms with Crippen LogP contribution in [0.4, 0.5) is 5.69 Å². The Kier molecular flexibility index (Phi) is 7.28. The molecule has 1 amide bonds. The quantitative estimate of drug-likeness (QED) is 0.661. The van der Waals surface area contributed by atoms with Crippen LogP contribution in [0.2, 0.25) is 0 Å². The summed E-state index contributed by atoms with van der Waals surface area (Å²) in [4.78, 5) is 12.5. The Morgan fingerprint density at radius 1 is 1.07 bits per heavy atom. The van der Waals surface area contributed by atoms with Gasteiger partial charge in [-0.25, -0.2) is 8.42 Å². The van der Waals surface area contributed by atoms with Gasteiger partial charge in [-0.15, -0.1) is 0 Å². The van der Waals surface area contributed by atoms with Crippen molar-refractivity contribution in [3.63, 3.8) is 0 Å². The second-order valence-corrected chi connectivity index (χ2v) is 9.16. The van der Waals surface area contributed by atoms with Crippen molar-refractivity contribution >= 4 is 21.6 Å². The smallest absolute Gasteiger partial charge is 0.243 e. The second-order valence-electron chi connectivity index (χ2n) is 7.26. The third kappa shape index (κ3) is 5.81. The first-order chi connectivity index (χ1) is 14.0. The number of aryl methyl sites for hydroxylation is 1. The first kappa shape index (κ1) is 21.3. The highest BCUT2D eigenvalue weighted by atomic mass is 32.2. The van der Waals surface area contributed by atoms with Gasteiger partial charge in [-0.3, -0.25) is 4.79 Å². The molecular weight excluding hydrogens is 388 g/mol. The summed E-state index contributed by atoms with van der Waals surface area (Å²) in [6.45, 7) is 3.34. The molecule has 2 aromatic rings. The Labute approximate surface area is 172 Å². The molecule has 7 heteroatoms. The minimum Gasteiger partial charge on any atom is -0.494 e. The van der Waals surface area contributed by atoms with Crippen molar-refractivity contribution in [1.82, 2.24) is 4.31 Å². The van der Waals surface area contributed by atoms with Crippen molar-refractivity contribution in [2.24, 2.45) is 0 Å². The number of rotatable bonds is 8. The number of ether oxygens (including phenoxy) is 1. The number of sulfonamides is 1. The van der Waals surface area contributed by atoms with Crippen LogP contribution in [-0.2, 0) is 14.8 Å². The van der Waals surface area contributed by atoms with Crippen molar-refractivity contribution in [3.05, 3.63) is 54.1 Å². The van der Waals surface area contributed by atoms with Crippen LogP contribution in [-0.4, -0.2) is 38.3 Å². The molecule has 1 aliphatic heterocycles. The van der Waals surface area contributed by atoms with Crippen molar-refractivity contribution in [2.45, 2.75) is 43.9 Å². The lowest BCUT2D eigenvalue weighted by atomic mass is 10.2. The zero-order valence-electron chi connectivity index (χ0n) is 16.8. The van der Waals surface area contributed by atoms with Crippen LogP contribution in [0.5, 0.6) is 5.75 Å². The molecule has 29 heavy (non-hydrogen) atoms. The number of hydrogen-bond donors (Lipinski definition) is 1. The molecule has 1 saturated heterocycles. The summed E-state index contributed by atoms with van der Waals surface area (Å²) in [7, 11) is -3.54. The topological polar surface area (TPSA) is 75.7 Å². The summed E-state index contributed by atoms with van der Waals surface area (Å²) in [6, 6.07) is 14.5. The molecule has 1 fully saturated rings. The number of nitrogens with zero attached hydrogens (tertiary/aromatic N) is 1. The Morgan fingerprint density at radius 2 is 1.79 bits per heavy atom. The van der Waals surface area contributed by atoms with Gasteiger partial charge in [0.25, 0.3) is 0 Å². The molecule has 1 heterocycles. The summed E-state index contributed by atoms with van der Waals surface area (Å²) in [5.74, 6) is 0.617. The normalized spacial score (nSPS) is 15.1. The summed E-state index contributed by atoms with van der Waals surface area (Å²) in [5.41, 5.74) is 1.19. The van der Waals surface area contributed by atoms with Gasteiger partial charge in [-0.2, -0.15) is 4.31 Å². The summed E-state index contributed by atoms with van der Waals surface area (Å²) < 4.78 is 33.1. The van der Waals surface area contributed by atoms with Crippen molar-refractivity contribution < 1.29 is 17.9 Å². The number of carbonyl (C=O) groups excluding carboxylic acids is 1. The molecule has 156 valence electrons. The van der Waals surface area contributed by atoms with Gasteiger partial charge in [0.05, 0.1) is 11.5 Å². The number of amides is 1. The van der Waals surface area contributed by atoms with E-state index in [0.29, 0.717) is 43.8 Å². The first-order valence-corrected chi connectivity index (χ1v) is 11.5. The Bertz CT molecular complexity index is 923. The van der Waals surface area contributed by atoms with Crippen molar-refractivity contribution in [3.8, 4) is 5.75 Å². The maximum absolute atomic E-state index is 13.0. The Hall–Kier alpha value is -2.38. The number of piperidine rings is 1. The average Bonchev–Trinajstić information content (AvgIpc) is 2.74. The van der Waals surface area contributed by atoms with Crippen molar-refractivity contribution in [2.75, 3.05) is 25.0 Å². The highest BCUT2D eigenvalue weighted by Crippen LogP contribution is 2.26. The van der Waals surface area contributed by atoms with Gasteiger partial charge < -0.3 is 10.1 Å². The Balaban J connectivity index is 1.57. The predicted octanol–water partition coefficient (Wildman–Crippen LogP) is 3.97. The number of anilines is 1. The van der Waals surface area contributed by atoms with Crippen LogP contribution in [0.15, 0.2) is 53.4 Å². The standard InChI is InChI=1S/C22H28N2O4S/c1-18-12-13-19(17-21(18)29(26,27)24-14-6-3-7-15-24)23-22(25)11-8-16-28-20-9-4-2-5-10-20/h2,4-5,9-10,12-13,17H,3,6-8,11,14-16H2,1H3,(H,23,25). The third-order valence-electron chi connectivity index (χ3n) is 4.96. The van der Waals surface area contributed by atoms with E-state index in [-0.39, 0.29) is 10.8 Å². The molecule has 0 spiro atoms. The highest BCUT2D eigenvalue weighted by Gasteiger charge is 2.27. The molecule has 2 aromatic carbocycles. The van der Waals surface area contributed by atoms with Gasteiger partial charge in [0.2, 0.25) is 15.9 Å². The van der Waals surface area contributed by atoms with Crippen molar-refractivity contribution in [1.29, 1.82) is 0 Å². The zero-order chi connectivity index (χ0) is 20.7. The van der Waals surface area contributed by atoms with E-state index in [2.05, 4.69) is 5.32 Å². The molecule has 1 aliphatic rings. The van der Waals surface area contributed by atoms with Crippen LogP contribution in [0.1, 0.15) is 37.7 Å². The van der Waals surface area contributed by atoms with Gasteiger partial charge in [0.15, 0.2) is 0 Å². The van der Waals surface area contributed by atoms with E-state index >= 15 is 0 Å². The zero-order valence-corrected chi connectivity index (χ0v) is 17.6. The molecule has 0 unspecified atom stereocenters. The number of carbonyl (C=O) groups is 1. The third-order valence-corrected chi connectivity index (χ3v) is 7.01. The largest absolute Gasteiger partial charge is 0.494 e. The fourth-order valence-corrected chi connectivity index (χ4v) is 5.13. The lowest BCUT2D eigenvalue weighted by Gasteiger charge is -2.26. The second kappa shape index (κ2) is 9.89. The SMILES string of the molecule is Cc1ccc(NC(=O)CCCOc2ccccc2)cc1S(=O)(=O)N1CCCCC1. The molecule has 0 bridgehead atoms. The lowest BCUT2D eigenvalue weighted by molar-refractivity contribution is -0.116. The lowest BCUT2D eigenvalue weighted by Crippen LogP contribution is -2.36. The predicted molar refractivity (Wildman–Crippen MR) is 114 cm³/mol. The maximum Gasteiger partial charge on any atom is 0.243 e. The van der Waals surface area contributed by atoms with E-state index in [1.54, 1.807) is 29.4 Å². The van der Waals surface area contributed by atoms with Crippen LogP contribution in [0.25, 0.3) is 0 Å². The molecule has 0 radical (unpaired) electrons. The van der Waals surface area contributed by atoms with E-state index in [1.165, 1.54) is 0 Å². The van der Waals surface area contributed by atoms with E-state index < -0.39 is 10.0 Å². The van der Waals surface area contributed by atoms with E-state index in [1.807, 2.05) is 30.3 Å². The number of benzene rings is 2. The van der Waals surface area contributed by atoms with E-state index in [0.717, 1.165) is 25.0 Å². The fourth-order valence-electron chi connectivity index (χ4n) is 3.36. The van der Waals surface area contributed by atoms with E-state index in [4.69, 9.17) is 4.74 Å². The van der Waals surface area contributed by atoms with Crippen LogP contribution >= 0.6 is 0 Å². The molecule has 0 aromatic heterocycles. The monoisotopic (exact) mass is 416 g/mol. The van der Waals surface area contributed by atoms with Crippen LogP contribution in [0, 0.1) is 6.92 Å². The summed E-state index contributed by atoms with van der Waals surface area (Å²) >= 11 is 0. The van der Waals surface area contributed by atoms with Gasteiger partial charge in [0, 0.05) is 25.2 Å². The molecular formula is C22H28N2O4S. The van der Waals surface area contributed by atoms with Gasteiger partial charge >= 0.3 is 0 Å². The van der Waals surface area contributed by atoms with Crippen LogP contribution < -0.4 is 10.1 Å². The van der Waals surface area contributed by atoms with Gasteiger partial charge in [-0.05, 0) is 56.0 Å². The van der Waals surface area contributed by atoms with Gasteiger partial charge in [-0.1, -0.05) is 30.7 Å². The highest BCUT2D eigenvalue weighted by molar-refractivity contribution is 7.89. The molecule has 3 rings (SSSR count). The minimum atomic E-state index is -3.54. The van der Waals surface area contributed by atoms with E-state index in [9.17, 15) is 13.2 Å². The summed E-state index contributed by atoms with van der Waals surface area (Å²) in [6.07, 6.45) is 3.72. The molecule has 0 atom stereocenters. The molecule has 6 nitrogen and oxygen atoms in total. The minimum absolute atomic E-state index is 0.160.